The van der Waals surface area contributed by atoms with Gasteiger partial charge < -0.3 is 15.2 Å². The summed E-state index contributed by atoms with van der Waals surface area (Å²) in [5.74, 6) is -1.57. The first-order valence-electron chi connectivity index (χ1n) is 7.85. The van der Waals surface area contributed by atoms with Crippen LogP contribution in [0.5, 0.6) is 0 Å². The molecular formula is C19H15ClN2O4. The van der Waals surface area contributed by atoms with E-state index >= 15 is 0 Å². The maximum atomic E-state index is 12.3. The number of hydrogen-bond donors (Lipinski definition) is 2. The van der Waals surface area contributed by atoms with Gasteiger partial charge in [0.05, 0.1) is 23.4 Å². The van der Waals surface area contributed by atoms with Crippen LogP contribution in [0.3, 0.4) is 0 Å². The Hall–Kier alpha value is -3.12. The fourth-order valence-corrected chi connectivity index (χ4v) is 2.71. The Balaban J connectivity index is 2.16. The maximum absolute atomic E-state index is 12.3. The number of carbonyl (C=O) groups excluding carboxylic acids is 1. The minimum absolute atomic E-state index is 0.129. The number of ether oxygens (including phenoxy) is 1. The lowest BCUT2D eigenvalue weighted by molar-refractivity contribution is 0.0526. The molecule has 132 valence electrons. The summed E-state index contributed by atoms with van der Waals surface area (Å²) in [6.07, 6.45) is 1.43. The topological polar surface area (TPSA) is 88.5 Å². The molecule has 0 fully saturated rings. The van der Waals surface area contributed by atoms with Gasteiger partial charge in [-0.15, -0.1) is 0 Å². The highest BCUT2D eigenvalue weighted by molar-refractivity contribution is 6.31. The highest BCUT2D eigenvalue weighted by Crippen LogP contribution is 2.31. The number of aromatic carboxylic acids is 1. The molecule has 0 aliphatic carbocycles. The van der Waals surface area contributed by atoms with Gasteiger partial charge in [-0.25, -0.2) is 9.59 Å². The fourth-order valence-electron chi connectivity index (χ4n) is 2.54. The molecule has 0 amide bonds. The molecule has 0 spiro atoms. The monoisotopic (exact) mass is 370 g/mol. The normalized spacial score (nSPS) is 10.5. The van der Waals surface area contributed by atoms with E-state index in [-0.39, 0.29) is 17.7 Å². The smallest absolute Gasteiger partial charge is 0.341 e. The molecule has 2 N–H and O–H groups in total. The Morgan fingerprint density at radius 2 is 2.04 bits per heavy atom. The van der Waals surface area contributed by atoms with E-state index in [0.29, 0.717) is 27.3 Å². The number of carbonyl (C=O) groups is 2. The molecule has 0 saturated heterocycles. The average molecular weight is 371 g/mol. The molecular weight excluding hydrogens is 356 g/mol. The van der Waals surface area contributed by atoms with Crippen LogP contribution in [0.4, 0.5) is 11.4 Å². The zero-order valence-electron chi connectivity index (χ0n) is 13.8. The number of benzene rings is 2. The molecule has 1 heterocycles. The van der Waals surface area contributed by atoms with E-state index in [2.05, 4.69) is 10.3 Å². The van der Waals surface area contributed by atoms with Gasteiger partial charge in [-0.1, -0.05) is 17.7 Å². The first-order valence-corrected chi connectivity index (χ1v) is 8.23. The number of halogens is 1. The summed E-state index contributed by atoms with van der Waals surface area (Å²) in [6, 6.07) is 11.4. The molecule has 0 aliphatic rings. The Morgan fingerprint density at radius 3 is 2.77 bits per heavy atom. The molecule has 3 aromatic rings. The zero-order valence-corrected chi connectivity index (χ0v) is 14.6. The molecule has 26 heavy (non-hydrogen) atoms. The van der Waals surface area contributed by atoms with Crippen molar-refractivity contribution in [3.8, 4) is 0 Å². The number of nitrogens with one attached hydrogen (secondary N) is 1. The quantitative estimate of drug-likeness (QED) is 0.642. The van der Waals surface area contributed by atoms with Gasteiger partial charge in [0.2, 0.25) is 0 Å². The summed E-state index contributed by atoms with van der Waals surface area (Å²) >= 11 is 6.10. The van der Waals surface area contributed by atoms with Crippen molar-refractivity contribution in [2.24, 2.45) is 0 Å². The van der Waals surface area contributed by atoms with Crippen molar-refractivity contribution in [3.05, 3.63) is 64.8 Å². The third-order valence-electron chi connectivity index (χ3n) is 3.70. The number of nitrogens with zero attached hydrogens (tertiary/aromatic N) is 1. The van der Waals surface area contributed by atoms with Crippen LogP contribution in [0.2, 0.25) is 5.02 Å². The van der Waals surface area contributed by atoms with Crippen molar-refractivity contribution in [2.75, 3.05) is 11.9 Å². The van der Waals surface area contributed by atoms with Crippen LogP contribution in [0.15, 0.2) is 48.7 Å². The van der Waals surface area contributed by atoms with Crippen LogP contribution >= 0.6 is 11.6 Å². The molecule has 0 bridgehead atoms. The first-order chi connectivity index (χ1) is 12.5. The van der Waals surface area contributed by atoms with Gasteiger partial charge in [0.15, 0.2) is 0 Å². The first kappa shape index (κ1) is 17.7. The third kappa shape index (κ3) is 3.60. The van der Waals surface area contributed by atoms with Crippen LogP contribution in [0.25, 0.3) is 10.9 Å². The van der Waals surface area contributed by atoms with E-state index in [1.54, 1.807) is 37.3 Å². The van der Waals surface area contributed by atoms with Crippen molar-refractivity contribution in [1.29, 1.82) is 0 Å². The number of carboxylic acid groups (broad SMARTS) is 1. The largest absolute Gasteiger partial charge is 0.478 e. The molecule has 3 rings (SSSR count). The van der Waals surface area contributed by atoms with Crippen LogP contribution in [-0.2, 0) is 4.74 Å². The number of anilines is 2. The summed E-state index contributed by atoms with van der Waals surface area (Å²) in [5, 5.41) is 13.4. The second-order valence-electron chi connectivity index (χ2n) is 5.44. The van der Waals surface area contributed by atoms with E-state index in [0.717, 1.165) is 0 Å². The van der Waals surface area contributed by atoms with Crippen LogP contribution in [0, 0.1) is 0 Å². The number of hydrogen-bond acceptors (Lipinski definition) is 5. The van der Waals surface area contributed by atoms with E-state index in [1.165, 1.54) is 18.3 Å². The van der Waals surface area contributed by atoms with Crippen molar-refractivity contribution in [1.82, 2.24) is 4.98 Å². The van der Waals surface area contributed by atoms with Crippen molar-refractivity contribution < 1.29 is 19.4 Å². The number of fused-ring (bicyclic) bond motifs is 1. The van der Waals surface area contributed by atoms with Crippen molar-refractivity contribution >= 4 is 45.8 Å². The maximum Gasteiger partial charge on any atom is 0.341 e. The minimum atomic E-state index is -1.04. The van der Waals surface area contributed by atoms with Crippen molar-refractivity contribution in [2.45, 2.75) is 6.92 Å². The molecule has 0 saturated carbocycles. The molecule has 0 aliphatic heterocycles. The van der Waals surface area contributed by atoms with E-state index in [9.17, 15) is 9.59 Å². The van der Waals surface area contributed by atoms with Gasteiger partial charge in [-0.05, 0) is 43.3 Å². The fraction of sp³-hybridized carbons (Fsp3) is 0.105. The number of rotatable bonds is 5. The SMILES string of the molecule is CCOC(=O)c1cnc2ccc(Cl)cc2c1Nc1cccc(C(=O)O)c1. The molecule has 0 atom stereocenters. The Labute approximate surface area is 154 Å². The number of carboxylic acids is 1. The van der Waals surface area contributed by atoms with Gasteiger partial charge in [0.25, 0.3) is 0 Å². The standard InChI is InChI=1S/C19H15ClN2O4/c1-2-26-19(25)15-10-21-16-7-6-12(20)9-14(16)17(15)22-13-5-3-4-11(8-13)18(23)24/h3-10H,2H2,1H3,(H,21,22)(H,23,24). The van der Waals surface area contributed by atoms with Crippen LogP contribution in [-0.4, -0.2) is 28.6 Å². The second kappa shape index (κ2) is 7.41. The van der Waals surface area contributed by atoms with E-state index in [1.807, 2.05) is 0 Å². The Bertz CT molecular complexity index is 1000. The lowest BCUT2D eigenvalue weighted by Gasteiger charge is -2.14. The zero-order chi connectivity index (χ0) is 18.7. The third-order valence-corrected chi connectivity index (χ3v) is 3.94. The molecule has 0 unspecified atom stereocenters. The summed E-state index contributed by atoms with van der Waals surface area (Å²) in [4.78, 5) is 27.8. The van der Waals surface area contributed by atoms with Crippen LogP contribution in [0.1, 0.15) is 27.6 Å². The molecule has 2 aromatic carbocycles. The van der Waals surface area contributed by atoms with Gasteiger partial charge >= 0.3 is 11.9 Å². The number of aromatic nitrogens is 1. The molecule has 7 heteroatoms. The Morgan fingerprint density at radius 1 is 1.23 bits per heavy atom. The molecule has 6 nitrogen and oxygen atoms in total. The molecule has 1 aromatic heterocycles. The Kier molecular flexibility index (Phi) is 5.04. The number of esters is 1. The van der Waals surface area contributed by atoms with Gasteiger partial charge in [0.1, 0.15) is 5.56 Å². The van der Waals surface area contributed by atoms with E-state index < -0.39 is 11.9 Å². The lowest BCUT2D eigenvalue weighted by Crippen LogP contribution is -2.09. The molecule has 0 radical (unpaired) electrons. The summed E-state index contributed by atoms with van der Waals surface area (Å²) < 4.78 is 5.10. The average Bonchev–Trinajstić information content (AvgIpc) is 2.62. The highest BCUT2D eigenvalue weighted by atomic mass is 35.5. The summed E-state index contributed by atoms with van der Waals surface area (Å²) in [5.41, 5.74) is 1.98. The van der Waals surface area contributed by atoms with Gasteiger partial charge in [0, 0.05) is 22.3 Å². The van der Waals surface area contributed by atoms with E-state index in [4.69, 9.17) is 21.4 Å². The van der Waals surface area contributed by atoms with Gasteiger partial charge in [-0.2, -0.15) is 0 Å². The predicted molar refractivity (Wildman–Crippen MR) is 99.4 cm³/mol. The van der Waals surface area contributed by atoms with Crippen molar-refractivity contribution in [3.63, 3.8) is 0 Å². The second-order valence-corrected chi connectivity index (χ2v) is 5.88. The highest BCUT2D eigenvalue weighted by Gasteiger charge is 2.17. The lowest BCUT2D eigenvalue weighted by atomic mass is 10.1. The predicted octanol–water partition coefficient (Wildman–Crippen LogP) is 4.51. The summed E-state index contributed by atoms with van der Waals surface area (Å²) in [6.45, 7) is 1.94. The summed E-state index contributed by atoms with van der Waals surface area (Å²) in [7, 11) is 0. The number of pyridine rings is 1. The van der Waals surface area contributed by atoms with Gasteiger partial charge in [-0.3, -0.25) is 4.98 Å². The van der Waals surface area contributed by atoms with Crippen LogP contribution < -0.4 is 5.32 Å². The minimum Gasteiger partial charge on any atom is -0.478 e.